The minimum Gasteiger partial charge on any atom is -0.313 e. The number of halogens is 3. The molecule has 1 amide bonds. The number of aromatic amines is 1. The highest BCUT2D eigenvalue weighted by atomic mass is 32.2. The van der Waals surface area contributed by atoms with E-state index in [1.165, 1.54) is 36.6 Å². The Morgan fingerprint density at radius 3 is 2.37 bits per heavy atom. The van der Waals surface area contributed by atoms with E-state index in [4.69, 9.17) is 0 Å². The average molecular weight is 612 g/mol. The number of benzene rings is 2. The second kappa shape index (κ2) is 11.5. The van der Waals surface area contributed by atoms with Crippen LogP contribution in [0, 0.1) is 17.5 Å². The number of rotatable bonds is 7. The minimum atomic E-state index is -4.54. The Morgan fingerprint density at radius 1 is 0.977 bits per heavy atom. The van der Waals surface area contributed by atoms with E-state index in [0.29, 0.717) is 40.3 Å². The number of anilines is 1. The monoisotopic (exact) mass is 611 g/mol. The number of nitrogens with zero attached hydrogens (tertiary/aromatic N) is 4. The number of hydrogen-bond donors (Lipinski definition) is 1. The molecule has 1 N–H and O–H groups in total. The second-order valence-electron chi connectivity index (χ2n) is 10.9. The van der Waals surface area contributed by atoms with Gasteiger partial charge in [-0.25, -0.2) is 26.6 Å². The van der Waals surface area contributed by atoms with E-state index in [1.807, 2.05) is 18.3 Å². The molecule has 224 valence electrons. The summed E-state index contributed by atoms with van der Waals surface area (Å²) in [6.07, 6.45) is 8.98. The van der Waals surface area contributed by atoms with Crippen molar-refractivity contribution in [3.05, 3.63) is 94.1 Å². The molecule has 6 rings (SSSR count). The maximum absolute atomic E-state index is 14.0. The van der Waals surface area contributed by atoms with Crippen LogP contribution in [0.15, 0.2) is 64.7 Å². The number of hydrogen-bond acceptors (Lipinski definition) is 6. The normalized spacial score (nSPS) is 18.0. The van der Waals surface area contributed by atoms with Crippen LogP contribution < -0.4 is 10.5 Å². The van der Waals surface area contributed by atoms with Crippen LogP contribution >= 0.6 is 0 Å². The van der Waals surface area contributed by atoms with Crippen LogP contribution in [0.25, 0.3) is 10.9 Å². The first-order valence-corrected chi connectivity index (χ1v) is 15.5. The average Bonchev–Trinajstić information content (AvgIpc) is 2.98. The molecule has 0 unspecified atom stereocenters. The molecule has 0 bridgehead atoms. The molecule has 1 atom stereocenters. The van der Waals surface area contributed by atoms with E-state index in [0.717, 1.165) is 22.7 Å². The highest BCUT2D eigenvalue weighted by Crippen LogP contribution is 2.34. The Kier molecular flexibility index (Phi) is 7.77. The highest BCUT2D eigenvalue weighted by Gasteiger charge is 2.45. The number of H-pyrrole nitrogens is 1. The third-order valence-corrected chi connectivity index (χ3v) is 10.2. The predicted octanol–water partition coefficient (Wildman–Crippen LogP) is 4.78. The number of amides is 1. The third kappa shape index (κ3) is 5.54. The van der Waals surface area contributed by atoms with E-state index in [9.17, 15) is 31.2 Å². The fourth-order valence-corrected chi connectivity index (χ4v) is 7.44. The van der Waals surface area contributed by atoms with Crippen molar-refractivity contribution in [3.8, 4) is 0 Å². The molecule has 0 radical (unpaired) electrons. The molecule has 1 saturated carbocycles. The van der Waals surface area contributed by atoms with Gasteiger partial charge in [0.05, 0.1) is 34.4 Å². The van der Waals surface area contributed by atoms with Crippen LogP contribution in [0.4, 0.5) is 18.9 Å². The van der Waals surface area contributed by atoms with Gasteiger partial charge >= 0.3 is 0 Å². The molecular formula is C30H28F3N5O4S. The Bertz CT molecular complexity index is 1840. The minimum absolute atomic E-state index is 0.0112. The summed E-state index contributed by atoms with van der Waals surface area (Å²) in [6.45, 7) is -0.0845. The largest absolute Gasteiger partial charge is 0.313 e. The van der Waals surface area contributed by atoms with Crippen molar-refractivity contribution in [2.75, 3.05) is 11.4 Å². The van der Waals surface area contributed by atoms with Crippen molar-refractivity contribution < 1.29 is 26.4 Å². The molecule has 4 aromatic rings. The quantitative estimate of drug-likeness (QED) is 0.301. The number of aromatic nitrogens is 3. The number of pyridine rings is 1. The molecule has 0 spiro atoms. The first-order valence-electron chi connectivity index (χ1n) is 14.0. The van der Waals surface area contributed by atoms with Crippen molar-refractivity contribution >= 4 is 32.5 Å². The first-order chi connectivity index (χ1) is 20.6. The smallest absolute Gasteiger partial charge is 0.258 e. The van der Waals surface area contributed by atoms with Gasteiger partial charge in [-0.05, 0) is 67.1 Å². The Balaban J connectivity index is 1.33. The summed E-state index contributed by atoms with van der Waals surface area (Å²) in [5.74, 6) is -5.24. The number of carbonyl (C=O) groups excluding carboxylic acids is 1. The van der Waals surface area contributed by atoms with Crippen molar-refractivity contribution in [3.63, 3.8) is 0 Å². The number of fused-ring (bicyclic) bond motifs is 1. The second-order valence-corrected chi connectivity index (χ2v) is 12.8. The van der Waals surface area contributed by atoms with Gasteiger partial charge in [0, 0.05) is 18.4 Å². The Morgan fingerprint density at radius 2 is 1.72 bits per heavy atom. The van der Waals surface area contributed by atoms with Crippen LogP contribution in [-0.2, 0) is 21.4 Å². The number of carbonyl (C=O) groups is 1. The fraction of sp³-hybridized carbons (Fsp3) is 0.333. The number of sulfonamides is 1. The van der Waals surface area contributed by atoms with Gasteiger partial charge in [0.1, 0.15) is 6.04 Å². The van der Waals surface area contributed by atoms with Gasteiger partial charge in [-0.1, -0.05) is 25.3 Å². The molecule has 2 aliphatic rings. The lowest BCUT2D eigenvalue weighted by Crippen LogP contribution is -2.59. The zero-order valence-electron chi connectivity index (χ0n) is 23.0. The van der Waals surface area contributed by atoms with Crippen molar-refractivity contribution in [2.24, 2.45) is 0 Å². The standard InChI is InChI=1S/C30H28F3N5O4S/c31-24-13-22(14-25(32)28(24)33)43(41,42)38-11-10-27(38)30(40)37(21-8-9-23-26(12-21)35-17-36-29(23)39)16-20-7-6-19(15-34-20)18-4-2-1-3-5-18/h6-9,12-15,17-18,27H,1-5,10-11,16H2,(H,35,36,39)/t27-/m1/s1. The Hall–Kier alpha value is -4.10. The lowest BCUT2D eigenvalue weighted by Gasteiger charge is -2.41. The number of nitrogens with one attached hydrogen (secondary N) is 1. The molecule has 13 heteroatoms. The van der Waals surface area contributed by atoms with Gasteiger partial charge in [0.25, 0.3) is 5.56 Å². The summed E-state index contributed by atoms with van der Waals surface area (Å²) in [6, 6.07) is 8.09. The van der Waals surface area contributed by atoms with Crippen LogP contribution in [0.1, 0.15) is 55.7 Å². The van der Waals surface area contributed by atoms with Crippen LogP contribution in [-0.4, -0.2) is 46.2 Å². The summed E-state index contributed by atoms with van der Waals surface area (Å²) in [7, 11) is -4.54. The first kappa shape index (κ1) is 29.0. The maximum Gasteiger partial charge on any atom is 0.258 e. The van der Waals surface area contributed by atoms with Gasteiger partial charge in [-0.2, -0.15) is 4.31 Å². The van der Waals surface area contributed by atoms with E-state index in [1.54, 1.807) is 12.1 Å². The van der Waals surface area contributed by atoms with Gasteiger partial charge < -0.3 is 9.88 Å². The van der Waals surface area contributed by atoms with Gasteiger partial charge in [-0.15, -0.1) is 0 Å². The topological polar surface area (TPSA) is 116 Å². The van der Waals surface area contributed by atoms with E-state index < -0.39 is 44.3 Å². The summed E-state index contributed by atoms with van der Waals surface area (Å²) < 4.78 is 68.8. The molecule has 3 heterocycles. The van der Waals surface area contributed by atoms with Gasteiger partial charge in [0.15, 0.2) is 17.5 Å². The van der Waals surface area contributed by atoms with Crippen molar-refractivity contribution in [2.45, 2.75) is 61.9 Å². The molecule has 2 aromatic heterocycles. The summed E-state index contributed by atoms with van der Waals surface area (Å²) in [5, 5.41) is 0.307. The maximum atomic E-state index is 14.0. The fourth-order valence-electron chi connectivity index (χ4n) is 5.78. The molecule has 2 aromatic carbocycles. The van der Waals surface area contributed by atoms with Crippen LogP contribution in [0.2, 0.25) is 0 Å². The zero-order valence-corrected chi connectivity index (χ0v) is 23.8. The summed E-state index contributed by atoms with van der Waals surface area (Å²) in [4.78, 5) is 38.1. The van der Waals surface area contributed by atoms with E-state index in [-0.39, 0.29) is 25.1 Å². The summed E-state index contributed by atoms with van der Waals surface area (Å²) in [5.41, 5.74) is 2.02. The molecule has 2 fully saturated rings. The lowest BCUT2D eigenvalue weighted by molar-refractivity contribution is -0.125. The van der Waals surface area contributed by atoms with E-state index >= 15 is 0 Å². The summed E-state index contributed by atoms with van der Waals surface area (Å²) >= 11 is 0. The molecule has 43 heavy (non-hydrogen) atoms. The van der Waals surface area contributed by atoms with E-state index in [2.05, 4.69) is 15.0 Å². The van der Waals surface area contributed by atoms with Crippen LogP contribution in [0.3, 0.4) is 0 Å². The Labute approximate surface area is 245 Å². The highest BCUT2D eigenvalue weighted by molar-refractivity contribution is 7.89. The molecule has 1 saturated heterocycles. The third-order valence-electron chi connectivity index (χ3n) is 8.27. The van der Waals surface area contributed by atoms with Gasteiger partial charge in [0.2, 0.25) is 15.9 Å². The molecule has 1 aliphatic heterocycles. The zero-order chi connectivity index (χ0) is 30.3. The SMILES string of the molecule is O=C([C@H]1CCN1S(=O)(=O)c1cc(F)c(F)c(F)c1)N(Cc1ccc(C2CCCCC2)cn1)c1ccc2c(=O)[nH]cnc2c1. The van der Waals surface area contributed by atoms with Crippen molar-refractivity contribution in [1.82, 2.24) is 19.3 Å². The van der Waals surface area contributed by atoms with Gasteiger partial charge in [-0.3, -0.25) is 14.6 Å². The molecule has 9 nitrogen and oxygen atoms in total. The molecular weight excluding hydrogens is 583 g/mol. The molecule has 1 aliphatic carbocycles. The van der Waals surface area contributed by atoms with Crippen molar-refractivity contribution in [1.29, 1.82) is 0 Å². The van der Waals surface area contributed by atoms with Crippen LogP contribution in [0.5, 0.6) is 0 Å². The predicted molar refractivity (Wildman–Crippen MR) is 152 cm³/mol. The lowest BCUT2D eigenvalue weighted by atomic mass is 9.85.